The number of nitrogens with zero attached hydrogens (tertiary/aromatic N) is 2. The fraction of sp³-hybridized carbons (Fsp3) is 0.550. The van der Waals surface area contributed by atoms with Crippen LogP contribution in [-0.4, -0.2) is 40.9 Å². The first-order valence-corrected chi connectivity index (χ1v) is 10.2. The molecule has 1 N–H and O–H groups in total. The van der Waals surface area contributed by atoms with E-state index in [1.165, 1.54) is 17.4 Å². The maximum absolute atomic E-state index is 12.7. The number of aryl methyl sites for hydroxylation is 1. The van der Waals surface area contributed by atoms with Crippen LogP contribution in [0.25, 0.3) is 11.1 Å². The van der Waals surface area contributed by atoms with Crippen molar-refractivity contribution in [2.75, 3.05) is 19.6 Å². The van der Waals surface area contributed by atoms with Crippen LogP contribution in [0.1, 0.15) is 32.1 Å². The summed E-state index contributed by atoms with van der Waals surface area (Å²) in [7, 11) is 0. The van der Waals surface area contributed by atoms with Gasteiger partial charge in [-0.1, -0.05) is 11.6 Å². The molecule has 2 aliphatic rings. The summed E-state index contributed by atoms with van der Waals surface area (Å²) >= 11 is 5.93. The van der Waals surface area contributed by atoms with E-state index in [4.69, 9.17) is 16.0 Å². The molecule has 0 bridgehead atoms. The standard InChI is InChI=1S/C20H24ClN3O4/c21-15-5-6-16-17(10-15)28-20(27)24(16)9-7-18(25)23-8-1-2-14(12-23)19(26)22-11-13-3-4-13/h5-6,10,13-14H,1-4,7-9,11-12H2,(H,22,26). The van der Waals surface area contributed by atoms with Crippen LogP contribution >= 0.6 is 11.6 Å². The predicted octanol–water partition coefficient (Wildman–Crippen LogP) is 2.40. The summed E-state index contributed by atoms with van der Waals surface area (Å²) in [4.78, 5) is 38.8. The number of halogens is 1. The first-order chi connectivity index (χ1) is 13.5. The third kappa shape index (κ3) is 4.24. The molecular weight excluding hydrogens is 382 g/mol. The summed E-state index contributed by atoms with van der Waals surface area (Å²) in [6, 6.07) is 4.99. The van der Waals surface area contributed by atoms with E-state index in [-0.39, 0.29) is 30.7 Å². The van der Waals surface area contributed by atoms with Crippen molar-refractivity contribution in [2.45, 2.75) is 38.6 Å². The molecule has 7 nitrogen and oxygen atoms in total. The number of piperidine rings is 1. The lowest BCUT2D eigenvalue weighted by atomic mass is 9.97. The summed E-state index contributed by atoms with van der Waals surface area (Å²) in [5.41, 5.74) is 1.04. The summed E-state index contributed by atoms with van der Waals surface area (Å²) in [5.74, 6) is 0.00796. The highest BCUT2D eigenvalue weighted by molar-refractivity contribution is 6.31. The Bertz CT molecular complexity index is 947. The number of carbonyl (C=O) groups is 2. The number of rotatable bonds is 6. The molecule has 1 aliphatic heterocycles. The molecule has 8 heteroatoms. The molecular formula is C20H24ClN3O4. The first-order valence-electron chi connectivity index (χ1n) is 9.85. The number of carbonyl (C=O) groups excluding carboxylic acids is 2. The van der Waals surface area contributed by atoms with Crippen molar-refractivity contribution in [1.29, 1.82) is 0 Å². The van der Waals surface area contributed by atoms with Gasteiger partial charge in [-0.15, -0.1) is 0 Å². The van der Waals surface area contributed by atoms with Gasteiger partial charge in [-0.05, 0) is 43.7 Å². The third-order valence-corrected chi connectivity index (χ3v) is 5.82. The second-order valence-corrected chi connectivity index (χ2v) is 8.19. The third-order valence-electron chi connectivity index (χ3n) is 5.59. The molecule has 2 amide bonds. The van der Waals surface area contributed by atoms with Gasteiger partial charge in [0, 0.05) is 43.7 Å². The smallest absolute Gasteiger partial charge is 0.408 e. The Morgan fingerprint density at radius 2 is 2.07 bits per heavy atom. The highest BCUT2D eigenvalue weighted by atomic mass is 35.5. The highest BCUT2D eigenvalue weighted by Gasteiger charge is 2.29. The zero-order chi connectivity index (χ0) is 19.7. The molecule has 2 aromatic rings. The van der Waals surface area contributed by atoms with Gasteiger partial charge in [-0.3, -0.25) is 14.2 Å². The van der Waals surface area contributed by atoms with Gasteiger partial charge in [-0.2, -0.15) is 0 Å². The maximum atomic E-state index is 12.7. The number of likely N-dealkylation sites (tertiary alicyclic amines) is 1. The summed E-state index contributed by atoms with van der Waals surface area (Å²) in [6.07, 6.45) is 4.22. The molecule has 2 fully saturated rings. The molecule has 0 spiro atoms. The lowest BCUT2D eigenvalue weighted by Crippen LogP contribution is -2.46. The number of hydrogen-bond donors (Lipinski definition) is 1. The zero-order valence-corrected chi connectivity index (χ0v) is 16.4. The first kappa shape index (κ1) is 19.1. The largest absolute Gasteiger partial charge is 0.419 e. The second-order valence-electron chi connectivity index (χ2n) is 7.75. The lowest BCUT2D eigenvalue weighted by molar-refractivity contribution is -0.135. The van der Waals surface area contributed by atoms with Crippen LogP contribution in [0, 0.1) is 11.8 Å². The molecule has 2 heterocycles. The minimum Gasteiger partial charge on any atom is -0.408 e. The minimum atomic E-state index is -0.499. The lowest BCUT2D eigenvalue weighted by Gasteiger charge is -2.32. The number of aromatic nitrogens is 1. The average Bonchev–Trinajstić information content (AvgIpc) is 3.47. The zero-order valence-electron chi connectivity index (χ0n) is 15.7. The molecule has 1 saturated carbocycles. The Hall–Kier alpha value is -2.28. The van der Waals surface area contributed by atoms with Gasteiger partial charge in [0.2, 0.25) is 11.8 Å². The molecule has 1 saturated heterocycles. The van der Waals surface area contributed by atoms with Crippen molar-refractivity contribution in [2.24, 2.45) is 11.8 Å². The fourth-order valence-electron chi connectivity index (χ4n) is 3.75. The van der Waals surface area contributed by atoms with Crippen LogP contribution < -0.4 is 11.1 Å². The Balaban J connectivity index is 1.35. The summed E-state index contributed by atoms with van der Waals surface area (Å²) in [5, 5.41) is 3.50. The molecule has 0 radical (unpaired) electrons. The number of nitrogens with one attached hydrogen (secondary N) is 1. The predicted molar refractivity (Wildman–Crippen MR) is 105 cm³/mol. The Kier molecular flexibility index (Phi) is 5.44. The Labute approximate surface area is 167 Å². The van der Waals surface area contributed by atoms with E-state index in [0.717, 1.165) is 19.4 Å². The van der Waals surface area contributed by atoms with Gasteiger partial charge in [0.05, 0.1) is 11.4 Å². The second kappa shape index (κ2) is 7.99. The van der Waals surface area contributed by atoms with Crippen molar-refractivity contribution in [3.63, 3.8) is 0 Å². The molecule has 28 heavy (non-hydrogen) atoms. The van der Waals surface area contributed by atoms with Gasteiger partial charge < -0.3 is 14.6 Å². The van der Waals surface area contributed by atoms with Crippen molar-refractivity contribution in [1.82, 2.24) is 14.8 Å². The van der Waals surface area contributed by atoms with Gasteiger partial charge in [0.25, 0.3) is 0 Å². The summed E-state index contributed by atoms with van der Waals surface area (Å²) in [6.45, 7) is 2.10. The van der Waals surface area contributed by atoms with Crippen molar-refractivity contribution < 1.29 is 14.0 Å². The normalized spacial score (nSPS) is 19.8. The molecule has 1 aromatic heterocycles. The molecule has 1 atom stereocenters. The molecule has 1 aromatic carbocycles. The van der Waals surface area contributed by atoms with Crippen LogP contribution in [0.4, 0.5) is 0 Å². The van der Waals surface area contributed by atoms with E-state index in [9.17, 15) is 14.4 Å². The molecule has 1 aliphatic carbocycles. The van der Waals surface area contributed by atoms with Crippen molar-refractivity contribution >= 4 is 34.5 Å². The maximum Gasteiger partial charge on any atom is 0.419 e. The van der Waals surface area contributed by atoms with Crippen molar-refractivity contribution in [3.8, 4) is 0 Å². The van der Waals surface area contributed by atoms with Gasteiger partial charge in [-0.25, -0.2) is 4.79 Å². The monoisotopic (exact) mass is 405 g/mol. The quantitative estimate of drug-likeness (QED) is 0.799. The molecule has 4 rings (SSSR count). The number of amides is 2. The van der Waals surface area contributed by atoms with Crippen LogP contribution in [0.5, 0.6) is 0 Å². The van der Waals surface area contributed by atoms with E-state index in [1.807, 2.05) is 0 Å². The number of hydrogen-bond acceptors (Lipinski definition) is 4. The Morgan fingerprint density at radius 1 is 1.25 bits per heavy atom. The van der Waals surface area contributed by atoms with Gasteiger partial charge in [0.1, 0.15) is 0 Å². The fourth-order valence-corrected chi connectivity index (χ4v) is 3.91. The topological polar surface area (TPSA) is 84.5 Å². The van der Waals surface area contributed by atoms with E-state index < -0.39 is 5.76 Å². The number of fused-ring (bicyclic) bond motifs is 1. The van der Waals surface area contributed by atoms with E-state index in [1.54, 1.807) is 23.1 Å². The highest BCUT2D eigenvalue weighted by Crippen LogP contribution is 2.28. The van der Waals surface area contributed by atoms with Gasteiger partial charge >= 0.3 is 5.76 Å². The van der Waals surface area contributed by atoms with E-state index >= 15 is 0 Å². The number of oxazole rings is 1. The number of benzene rings is 1. The van der Waals surface area contributed by atoms with E-state index in [0.29, 0.717) is 35.1 Å². The molecule has 150 valence electrons. The molecule has 1 unspecified atom stereocenters. The minimum absolute atomic E-state index is 0.0464. The van der Waals surface area contributed by atoms with E-state index in [2.05, 4.69) is 5.32 Å². The van der Waals surface area contributed by atoms with Crippen LogP contribution in [0.15, 0.2) is 27.4 Å². The average molecular weight is 406 g/mol. The van der Waals surface area contributed by atoms with Crippen molar-refractivity contribution in [3.05, 3.63) is 33.8 Å². The Morgan fingerprint density at radius 3 is 2.86 bits per heavy atom. The van der Waals surface area contributed by atoms with Crippen LogP contribution in [0.2, 0.25) is 5.02 Å². The van der Waals surface area contributed by atoms with Crippen LogP contribution in [0.3, 0.4) is 0 Å². The SMILES string of the molecule is O=C(NCC1CC1)C1CCCN(C(=O)CCn2c(=O)oc3cc(Cl)ccc32)C1. The van der Waals surface area contributed by atoms with Gasteiger partial charge in [0.15, 0.2) is 5.58 Å². The van der Waals surface area contributed by atoms with Crippen LogP contribution in [-0.2, 0) is 16.1 Å². The summed E-state index contributed by atoms with van der Waals surface area (Å²) < 4.78 is 6.65.